The molecule has 0 aliphatic carbocycles. The van der Waals surface area contributed by atoms with Crippen molar-refractivity contribution in [2.24, 2.45) is 0 Å². The average Bonchev–Trinajstić information content (AvgIpc) is 3.09. The summed E-state index contributed by atoms with van der Waals surface area (Å²) in [6.07, 6.45) is 0.297. The van der Waals surface area contributed by atoms with Gasteiger partial charge in [-0.15, -0.1) is 0 Å². The maximum Gasteiger partial charge on any atom is 0.224 e. The fourth-order valence-corrected chi connectivity index (χ4v) is 3.72. The number of rotatable bonds is 8. The maximum atomic E-state index is 12.3. The van der Waals surface area contributed by atoms with Crippen LogP contribution >= 0.6 is 34.5 Å². The lowest BCUT2D eigenvalue weighted by molar-refractivity contribution is -0.120. The molecule has 2 rings (SSSR count). The monoisotopic (exact) mass is 384 g/mol. The van der Waals surface area contributed by atoms with Crippen LogP contribution in [0.15, 0.2) is 35.0 Å². The Bertz CT molecular complexity index is 657. The predicted octanol–water partition coefficient (Wildman–Crippen LogP) is 4.80. The largest absolute Gasteiger partial charge is 0.354 e. The summed E-state index contributed by atoms with van der Waals surface area (Å²) in [5, 5.41) is 8.24. The van der Waals surface area contributed by atoms with Gasteiger partial charge in [0, 0.05) is 6.54 Å². The molecule has 0 aliphatic heterocycles. The van der Waals surface area contributed by atoms with E-state index in [0.717, 1.165) is 18.7 Å². The second kappa shape index (κ2) is 9.42. The van der Waals surface area contributed by atoms with Crippen molar-refractivity contribution >= 4 is 40.4 Å². The Kier molecular flexibility index (Phi) is 7.56. The minimum Gasteiger partial charge on any atom is -0.354 e. The van der Waals surface area contributed by atoms with Crippen molar-refractivity contribution < 1.29 is 4.79 Å². The van der Waals surface area contributed by atoms with E-state index in [1.54, 1.807) is 23.5 Å². The van der Waals surface area contributed by atoms with Crippen molar-refractivity contribution in [3.05, 3.63) is 56.2 Å². The number of hydrogen-bond acceptors (Lipinski definition) is 3. The van der Waals surface area contributed by atoms with Crippen LogP contribution in [0.25, 0.3) is 0 Å². The Balaban J connectivity index is 1.98. The summed E-state index contributed by atoms with van der Waals surface area (Å²) in [6.45, 7) is 6.76. The second-order valence-electron chi connectivity index (χ2n) is 5.52. The summed E-state index contributed by atoms with van der Waals surface area (Å²) in [5.41, 5.74) is 2.11. The van der Waals surface area contributed by atoms with Crippen LogP contribution in [0.3, 0.4) is 0 Å². The van der Waals surface area contributed by atoms with Crippen molar-refractivity contribution in [3.8, 4) is 0 Å². The first kappa shape index (κ1) is 19.3. The van der Waals surface area contributed by atoms with Crippen LogP contribution in [0.4, 0.5) is 0 Å². The van der Waals surface area contributed by atoms with Crippen LogP contribution in [0.2, 0.25) is 10.0 Å². The number of hydrogen-bond donors (Lipinski definition) is 1. The van der Waals surface area contributed by atoms with Crippen molar-refractivity contribution in [2.45, 2.75) is 26.3 Å². The van der Waals surface area contributed by atoms with E-state index in [1.165, 1.54) is 5.56 Å². The molecule has 1 amide bonds. The molecule has 0 spiro atoms. The standard InChI is InChI=1S/C18H22Cl2N2OS/c1-3-22(4-2)17(14-7-8-24-12-14)11-21-18(23)10-13-5-6-15(19)16(20)9-13/h5-9,12,17H,3-4,10-11H2,1-2H3,(H,21,23). The van der Waals surface area contributed by atoms with E-state index in [-0.39, 0.29) is 11.9 Å². The lowest BCUT2D eigenvalue weighted by atomic mass is 10.1. The van der Waals surface area contributed by atoms with Gasteiger partial charge in [-0.2, -0.15) is 11.3 Å². The molecular weight excluding hydrogens is 363 g/mol. The first-order chi connectivity index (χ1) is 11.5. The van der Waals surface area contributed by atoms with E-state index in [0.29, 0.717) is 23.0 Å². The first-order valence-electron chi connectivity index (χ1n) is 8.01. The minimum atomic E-state index is -0.0132. The Morgan fingerprint density at radius 2 is 1.96 bits per heavy atom. The molecule has 0 fully saturated rings. The Morgan fingerprint density at radius 1 is 1.21 bits per heavy atom. The third-order valence-electron chi connectivity index (χ3n) is 4.02. The van der Waals surface area contributed by atoms with Crippen molar-refractivity contribution in [1.29, 1.82) is 0 Å². The summed E-state index contributed by atoms with van der Waals surface area (Å²) < 4.78 is 0. The van der Waals surface area contributed by atoms with Gasteiger partial charge in [-0.25, -0.2) is 0 Å². The van der Waals surface area contributed by atoms with Crippen molar-refractivity contribution in [3.63, 3.8) is 0 Å². The Hall–Kier alpha value is -1.07. The SMILES string of the molecule is CCN(CC)C(CNC(=O)Cc1ccc(Cl)c(Cl)c1)c1ccsc1. The number of halogens is 2. The lowest BCUT2D eigenvalue weighted by Gasteiger charge is -2.29. The van der Waals surface area contributed by atoms with E-state index in [4.69, 9.17) is 23.2 Å². The molecule has 1 N–H and O–H groups in total. The summed E-state index contributed by atoms with van der Waals surface area (Å²) in [5.74, 6) is -0.0132. The normalized spacial score (nSPS) is 12.4. The molecule has 130 valence electrons. The number of nitrogens with zero attached hydrogens (tertiary/aromatic N) is 1. The van der Waals surface area contributed by atoms with Gasteiger partial charge < -0.3 is 5.32 Å². The molecule has 0 saturated heterocycles. The fraction of sp³-hybridized carbons (Fsp3) is 0.389. The molecule has 2 aromatic rings. The van der Waals surface area contributed by atoms with Crippen LogP contribution < -0.4 is 5.32 Å². The number of thiophene rings is 1. The highest BCUT2D eigenvalue weighted by Crippen LogP contribution is 2.24. The van der Waals surface area contributed by atoms with Gasteiger partial charge in [0.15, 0.2) is 0 Å². The number of amides is 1. The number of nitrogens with one attached hydrogen (secondary N) is 1. The van der Waals surface area contributed by atoms with E-state index in [1.807, 2.05) is 6.07 Å². The fourth-order valence-electron chi connectivity index (χ4n) is 2.69. The molecule has 0 saturated carbocycles. The number of carbonyl (C=O) groups is 1. The van der Waals surface area contributed by atoms with Gasteiger partial charge >= 0.3 is 0 Å². The molecule has 1 aromatic heterocycles. The average molecular weight is 385 g/mol. The zero-order valence-electron chi connectivity index (χ0n) is 13.9. The van der Waals surface area contributed by atoms with E-state index in [2.05, 4.69) is 40.9 Å². The lowest BCUT2D eigenvalue weighted by Crippen LogP contribution is -2.38. The number of carbonyl (C=O) groups excluding carboxylic acids is 1. The molecule has 1 unspecified atom stereocenters. The van der Waals surface area contributed by atoms with Crippen molar-refractivity contribution in [1.82, 2.24) is 10.2 Å². The van der Waals surface area contributed by atoms with Gasteiger partial charge in [0.1, 0.15) is 0 Å². The first-order valence-corrected chi connectivity index (χ1v) is 9.71. The zero-order valence-corrected chi connectivity index (χ0v) is 16.2. The molecule has 1 heterocycles. The van der Waals surface area contributed by atoms with Gasteiger partial charge in [0.25, 0.3) is 0 Å². The highest BCUT2D eigenvalue weighted by atomic mass is 35.5. The van der Waals surface area contributed by atoms with E-state index in [9.17, 15) is 4.79 Å². The molecule has 0 aliphatic rings. The number of benzene rings is 1. The summed E-state index contributed by atoms with van der Waals surface area (Å²) in [6, 6.07) is 7.61. The zero-order chi connectivity index (χ0) is 17.5. The van der Waals surface area contributed by atoms with Crippen LogP contribution in [0, 0.1) is 0 Å². The molecular formula is C18H22Cl2N2OS. The van der Waals surface area contributed by atoms with Gasteiger partial charge in [0.2, 0.25) is 5.91 Å². The van der Waals surface area contributed by atoms with Crippen LogP contribution in [0.1, 0.15) is 31.0 Å². The molecule has 1 atom stereocenters. The van der Waals surface area contributed by atoms with Gasteiger partial charge in [-0.3, -0.25) is 9.69 Å². The van der Waals surface area contributed by atoms with Gasteiger partial charge in [-0.05, 0) is 53.2 Å². The molecule has 1 aromatic carbocycles. The number of likely N-dealkylation sites (N-methyl/N-ethyl adjacent to an activating group) is 1. The second-order valence-corrected chi connectivity index (χ2v) is 7.12. The summed E-state index contributed by atoms with van der Waals surface area (Å²) in [4.78, 5) is 14.6. The third kappa shape index (κ3) is 5.21. The predicted molar refractivity (Wildman–Crippen MR) is 103 cm³/mol. The smallest absolute Gasteiger partial charge is 0.224 e. The highest BCUT2D eigenvalue weighted by Gasteiger charge is 2.19. The van der Waals surface area contributed by atoms with Gasteiger partial charge in [-0.1, -0.05) is 43.1 Å². The minimum absolute atomic E-state index is 0.0132. The van der Waals surface area contributed by atoms with Crippen molar-refractivity contribution in [2.75, 3.05) is 19.6 Å². The van der Waals surface area contributed by atoms with E-state index >= 15 is 0 Å². The van der Waals surface area contributed by atoms with Gasteiger partial charge in [0.05, 0.1) is 22.5 Å². The van der Waals surface area contributed by atoms with Crippen LogP contribution in [-0.4, -0.2) is 30.4 Å². The highest BCUT2D eigenvalue weighted by molar-refractivity contribution is 7.08. The Morgan fingerprint density at radius 3 is 2.54 bits per heavy atom. The summed E-state index contributed by atoms with van der Waals surface area (Å²) >= 11 is 13.6. The summed E-state index contributed by atoms with van der Waals surface area (Å²) in [7, 11) is 0. The molecule has 0 bridgehead atoms. The molecule has 24 heavy (non-hydrogen) atoms. The van der Waals surface area contributed by atoms with Crippen LogP contribution in [0.5, 0.6) is 0 Å². The van der Waals surface area contributed by atoms with E-state index < -0.39 is 0 Å². The third-order valence-corrected chi connectivity index (χ3v) is 5.46. The Labute approximate surface area is 157 Å². The molecule has 0 radical (unpaired) electrons. The molecule has 3 nitrogen and oxygen atoms in total. The topological polar surface area (TPSA) is 32.3 Å². The maximum absolute atomic E-state index is 12.3. The quantitative estimate of drug-likeness (QED) is 0.708. The van der Waals surface area contributed by atoms with Crippen LogP contribution in [-0.2, 0) is 11.2 Å². The molecule has 6 heteroatoms.